The Balaban J connectivity index is 0.00000112. The monoisotopic (exact) mass is 249 g/mol. The van der Waals surface area contributed by atoms with Crippen LogP contribution < -0.4 is 0 Å². The van der Waals surface area contributed by atoms with E-state index in [2.05, 4.69) is 32.7 Å². The molecule has 2 atom stereocenters. The van der Waals surface area contributed by atoms with Gasteiger partial charge in [-0.25, -0.2) is 0 Å². The van der Waals surface area contributed by atoms with Gasteiger partial charge in [0, 0.05) is 43.5 Å². The molecule has 1 radical (unpaired) electrons. The first-order valence-corrected chi connectivity index (χ1v) is 5.58. The third-order valence-electron chi connectivity index (χ3n) is 4.04. The number of hydrogen-bond acceptors (Lipinski definition) is 2. The molecule has 15 heavy (non-hydrogen) atoms. The van der Waals surface area contributed by atoms with Crippen LogP contribution in [0.3, 0.4) is 0 Å². The second-order valence-electron chi connectivity index (χ2n) is 6.17. The predicted octanol–water partition coefficient (Wildman–Crippen LogP) is 1.29. The minimum absolute atomic E-state index is 0. The van der Waals surface area contributed by atoms with E-state index in [9.17, 15) is 5.21 Å². The van der Waals surface area contributed by atoms with Crippen molar-refractivity contribution >= 4 is 0 Å². The summed E-state index contributed by atoms with van der Waals surface area (Å²) in [7, 11) is 2.16. The van der Waals surface area contributed by atoms with E-state index in [0.717, 1.165) is 26.2 Å². The Morgan fingerprint density at radius 3 is 1.87 bits per heavy atom. The van der Waals surface area contributed by atoms with E-state index in [4.69, 9.17) is 0 Å². The molecular formula is C11H22N2OV. The van der Waals surface area contributed by atoms with Crippen molar-refractivity contribution in [3.8, 4) is 0 Å². The van der Waals surface area contributed by atoms with Crippen LogP contribution in [0.2, 0.25) is 0 Å². The Labute approximate surface area is 105 Å². The van der Waals surface area contributed by atoms with Crippen LogP contribution in [0, 0.1) is 17.0 Å². The average molecular weight is 249 g/mol. The van der Waals surface area contributed by atoms with Gasteiger partial charge < -0.3 is 14.8 Å². The van der Waals surface area contributed by atoms with Crippen molar-refractivity contribution in [1.29, 1.82) is 0 Å². The Morgan fingerprint density at radius 1 is 1.13 bits per heavy atom. The van der Waals surface area contributed by atoms with Crippen LogP contribution in [0.15, 0.2) is 0 Å². The van der Waals surface area contributed by atoms with Crippen LogP contribution in [0.1, 0.15) is 20.8 Å². The van der Waals surface area contributed by atoms with Crippen molar-refractivity contribution < 1.29 is 23.2 Å². The zero-order valence-corrected chi connectivity index (χ0v) is 11.6. The van der Waals surface area contributed by atoms with Gasteiger partial charge in [-0.05, 0) is 27.8 Å². The van der Waals surface area contributed by atoms with Gasteiger partial charge in [0.15, 0.2) is 0 Å². The quantitative estimate of drug-likeness (QED) is 0.477. The Bertz CT molecular complexity index is 225. The summed E-state index contributed by atoms with van der Waals surface area (Å²) < 4.78 is 0.0240. The summed E-state index contributed by atoms with van der Waals surface area (Å²) in [4.78, 5) is 2.36. The molecule has 2 fully saturated rings. The summed E-state index contributed by atoms with van der Waals surface area (Å²) in [6, 6.07) is 0. The van der Waals surface area contributed by atoms with Crippen molar-refractivity contribution in [1.82, 2.24) is 4.90 Å². The fourth-order valence-electron chi connectivity index (χ4n) is 2.97. The van der Waals surface area contributed by atoms with Crippen LogP contribution in [0.4, 0.5) is 0 Å². The summed E-state index contributed by atoms with van der Waals surface area (Å²) in [5.41, 5.74) is -0.136. The van der Waals surface area contributed by atoms with Crippen molar-refractivity contribution in [2.45, 2.75) is 26.3 Å². The third kappa shape index (κ3) is 2.27. The number of hydrogen-bond donors (Lipinski definition) is 0. The first-order valence-electron chi connectivity index (χ1n) is 5.58. The third-order valence-corrected chi connectivity index (χ3v) is 4.04. The zero-order valence-electron chi connectivity index (χ0n) is 10.2. The fourth-order valence-corrected chi connectivity index (χ4v) is 2.97. The first-order chi connectivity index (χ1) is 6.32. The van der Waals surface area contributed by atoms with Crippen molar-refractivity contribution in [2.75, 3.05) is 33.2 Å². The number of rotatable bonds is 0. The van der Waals surface area contributed by atoms with E-state index >= 15 is 0 Å². The van der Waals surface area contributed by atoms with Crippen molar-refractivity contribution in [3.05, 3.63) is 5.21 Å². The predicted molar refractivity (Wildman–Crippen MR) is 57.6 cm³/mol. The van der Waals surface area contributed by atoms with Crippen LogP contribution in [-0.4, -0.2) is 48.3 Å². The summed E-state index contributed by atoms with van der Waals surface area (Å²) in [6.45, 7) is 10.1. The van der Waals surface area contributed by atoms with Crippen LogP contribution in [-0.2, 0) is 18.6 Å². The van der Waals surface area contributed by atoms with Gasteiger partial charge in [0.05, 0.1) is 18.6 Å². The molecule has 0 aromatic carbocycles. The first kappa shape index (κ1) is 13.5. The van der Waals surface area contributed by atoms with Gasteiger partial charge in [0.25, 0.3) is 0 Å². The molecule has 0 saturated carbocycles. The van der Waals surface area contributed by atoms with Crippen LogP contribution in [0.25, 0.3) is 0 Å². The van der Waals surface area contributed by atoms with Gasteiger partial charge in [-0.1, -0.05) is 0 Å². The standard InChI is InChI=1S/C11H22N2O.V/c1-11(2,3)13(14)7-9-5-12(4)6-10(9)8-13;/h9-10H,5-8H2,1-4H3;. The number of nitrogens with zero attached hydrogens (tertiary/aromatic N) is 2. The van der Waals surface area contributed by atoms with Crippen LogP contribution in [0.5, 0.6) is 0 Å². The van der Waals surface area contributed by atoms with Gasteiger partial charge in [-0.15, -0.1) is 0 Å². The molecule has 0 aromatic rings. The topological polar surface area (TPSA) is 26.3 Å². The summed E-state index contributed by atoms with van der Waals surface area (Å²) in [6.07, 6.45) is 0. The Kier molecular flexibility index (Phi) is 3.65. The minimum Gasteiger partial charge on any atom is -0.632 e. The maximum Gasteiger partial charge on any atom is 0.0904 e. The van der Waals surface area contributed by atoms with E-state index in [0.29, 0.717) is 11.8 Å². The molecule has 0 aliphatic carbocycles. The summed E-state index contributed by atoms with van der Waals surface area (Å²) in [5.74, 6) is 1.30. The van der Waals surface area contributed by atoms with E-state index in [1.54, 1.807) is 0 Å². The molecule has 0 aromatic heterocycles. The molecule has 0 spiro atoms. The van der Waals surface area contributed by atoms with Crippen LogP contribution >= 0.6 is 0 Å². The number of hydroxylamine groups is 3. The van der Waals surface area contributed by atoms with E-state index in [1.807, 2.05) is 0 Å². The Hall–Kier alpha value is 0.464. The molecule has 0 bridgehead atoms. The zero-order chi connectivity index (χ0) is 10.6. The van der Waals surface area contributed by atoms with Gasteiger partial charge in [0.1, 0.15) is 0 Å². The molecular weight excluding hydrogens is 227 g/mol. The van der Waals surface area contributed by atoms with Gasteiger partial charge in [0.2, 0.25) is 0 Å². The van der Waals surface area contributed by atoms with E-state index < -0.39 is 0 Å². The van der Waals surface area contributed by atoms with Crippen molar-refractivity contribution in [2.24, 2.45) is 11.8 Å². The molecule has 2 unspecified atom stereocenters. The molecule has 2 heterocycles. The molecule has 3 nitrogen and oxygen atoms in total. The van der Waals surface area contributed by atoms with Gasteiger partial charge in [-0.2, -0.15) is 0 Å². The number of quaternary nitrogens is 1. The summed E-state index contributed by atoms with van der Waals surface area (Å²) in [5, 5.41) is 12.6. The molecule has 87 valence electrons. The second-order valence-corrected chi connectivity index (χ2v) is 6.17. The minimum atomic E-state index is -0.136. The molecule has 0 N–H and O–H groups in total. The Morgan fingerprint density at radius 2 is 1.53 bits per heavy atom. The fraction of sp³-hybridized carbons (Fsp3) is 1.00. The largest absolute Gasteiger partial charge is 0.632 e. The average Bonchev–Trinajstić information content (AvgIpc) is 2.39. The smallest absolute Gasteiger partial charge is 0.0904 e. The maximum absolute atomic E-state index is 12.6. The molecule has 2 rings (SSSR count). The van der Waals surface area contributed by atoms with Crippen molar-refractivity contribution in [3.63, 3.8) is 0 Å². The molecule has 2 saturated heterocycles. The SMILES string of the molecule is CN1CC2C[N+]([O-])(C(C)(C)C)CC2C1.[V]. The number of likely N-dealkylation sites (tertiary alicyclic amines) is 2. The molecule has 0 amide bonds. The van der Waals surface area contributed by atoms with Gasteiger partial charge >= 0.3 is 0 Å². The second kappa shape index (κ2) is 4.04. The van der Waals surface area contributed by atoms with E-state index in [-0.39, 0.29) is 28.7 Å². The van der Waals surface area contributed by atoms with E-state index in [1.165, 1.54) is 0 Å². The summed E-state index contributed by atoms with van der Waals surface area (Å²) >= 11 is 0. The maximum atomic E-state index is 12.6. The normalized spacial score (nSPS) is 41.4. The molecule has 4 heteroatoms. The molecule has 2 aliphatic heterocycles. The molecule has 2 aliphatic rings. The number of fused-ring (bicyclic) bond motifs is 1. The van der Waals surface area contributed by atoms with Gasteiger partial charge in [-0.3, -0.25) is 0 Å².